The van der Waals surface area contributed by atoms with Crippen LogP contribution in [0.2, 0.25) is 0 Å². The molecule has 0 bridgehead atoms. The van der Waals surface area contributed by atoms with E-state index in [0.717, 1.165) is 11.5 Å². The largest absolute Gasteiger partial charge is 0.341 e. The number of fused-ring (bicyclic) bond motifs is 3. The molecule has 0 saturated carbocycles. The molecule has 7 nitrogen and oxygen atoms in total. The number of nitrogens with zero attached hydrogens (tertiary/aromatic N) is 3. The summed E-state index contributed by atoms with van der Waals surface area (Å²) in [4.78, 5) is 13.8. The van der Waals surface area contributed by atoms with Crippen LogP contribution in [0.4, 0.5) is 11.5 Å². The molecule has 1 atom stereocenters. The van der Waals surface area contributed by atoms with E-state index in [1.165, 1.54) is 0 Å². The van der Waals surface area contributed by atoms with Crippen LogP contribution in [0, 0.1) is 6.92 Å². The van der Waals surface area contributed by atoms with Gasteiger partial charge in [0.2, 0.25) is 5.91 Å². The summed E-state index contributed by atoms with van der Waals surface area (Å²) < 4.78 is 24.9. The molecule has 1 fully saturated rings. The predicted octanol–water partition coefficient (Wildman–Crippen LogP) is -0.716. The molecule has 2 aliphatic heterocycles. The molecule has 1 aromatic rings. The highest BCUT2D eigenvalue weighted by Crippen LogP contribution is 2.35. The van der Waals surface area contributed by atoms with Gasteiger partial charge < -0.3 is 10.2 Å². The maximum atomic E-state index is 12.0. The fourth-order valence-corrected chi connectivity index (χ4v) is 4.06. The van der Waals surface area contributed by atoms with Crippen LogP contribution in [0.25, 0.3) is 0 Å². The molecule has 18 heavy (non-hydrogen) atoms. The number of aryl methyl sites for hydroxylation is 2. The van der Waals surface area contributed by atoms with Crippen molar-refractivity contribution in [1.29, 1.82) is 0 Å². The normalized spacial score (nSPS) is 25.3. The smallest absolute Gasteiger partial charge is 0.248 e. The second-order valence-electron chi connectivity index (χ2n) is 4.72. The molecule has 0 aromatic carbocycles. The minimum Gasteiger partial charge on any atom is -0.341 e. The Balaban J connectivity index is 2.11. The highest BCUT2D eigenvalue weighted by Gasteiger charge is 2.42. The first-order chi connectivity index (χ1) is 8.39. The van der Waals surface area contributed by atoms with Crippen molar-refractivity contribution in [3.8, 4) is 0 Å². The summed E-state index contributed by atoms with van der Waals surface area (Å²) in [6, 6.07) is -0.633. The standard InChI is InChI=1S/C10H14N4O3S/c1-6-8-10(13(2)12-6)14-3-4-18(16,17)5-7(14)9(15)11-8/h7H,3-5H2,1-2H3,(H,11,15). The molecular weight excluding hydrogens is 256 g/mol. The Labute approximate surface area is 105 Å². The monoisotopic (exact) mass is 270 g/mol. The van der Waals surface area contributed by atoms with Gasteiger partial charge >= 0.3 is 0 Å². The van der Waals surface area contributed by atoms with Crippen LogP contribution in [-0.2, 0) is 21.7 Å². The predicted molar refractivity (Wildman–Crippen MR) is 66.4 cm³/mol. The first kappa shape index (κ1) is 11.5. The van der Waals surface area contributed by atoms with Gasteiger partial charge in [-0.15, -0.1) is 0 Å². The average molecular weight is 270 g/mol. The van der Waals surface area contributed by atoms with Crippen LogP contribution in [0.15, 0.2) is 0 Å². The van der Waals surface area contributed by atoms with Gasteiger partial charge in [0.1, 0.15) is 11.7 Å². The lowest BCUT2D eigenvalue weighted by Gasteiger charge is -2.39. The number of carbonyl (C=O) groups excluding carboxylic acids is 1. The van der Waals surface area contributed by atoms with Crippen molar-refractivity contribution in [2.24, 2.45) is 7.05 Å². The van der Waals surface area contributed by atoms with Gasteiger partial charge in [0.15, 0.2) is 15.7 Å². The maximum Gasteiger partial charge on any atom is 0.248 e. The Kier molecular flexibility index (Phi) is 2.22. The number of sulfone groups is 1. The summed E-state index contributed by atoms with van der Waals surface area (Å²) >= 11 is 0. The van der Waals surface area contributed by atoms with Gasteiger partial charge in [0.25, 0.3) is 0 Å². The average Bonchev–Trinajstić information content (AvgIpc) is 2.54. The van der Waals surface area contributed by atoms with Gasteiger partial charge in [-0.2, -0.15) is 5.10 Å². The molecule has 1 N–H and O–H groups in total. The van der Waals surface area contributed by atoms with E-state index in [1.54, 1.807) is 11.7 Å². The zero-order valence-corrected chi connectivity index (χ0v) is 11.0. The Morgan fingerprint density at radius 1 is 1.44 bits per heavy atom. The van der Waals surface area contributed by atoms with E-state index in [0.29, 0.717) is 12.2 Å². The molecule has 98 valence electrons. The number of hydrogen-bond donors (Lipinski definition) is 1. The Bertz CT molecular complexity index is 634. The summed E-state index contributed by atoms with van der Waals surface area (Å²) in [6.45, 7) is 2.16. The van der Waals surface area contributed by atoms with Crippen molar-refractivity contribution >= 4 is 27.2 Å². The number of nitrogens with one attached hydrogen (secondary N) is 1. The van der Waals surface area contributed by atoms with Crippen molar-refractivity contribution < 1.29 is 13.2 Å². The SMILES string of the molecule is Cc1nn(C)c2c1NC(=O)C1CS(=O)(=O)CCN21. The van der Waals surface area contributed by atoms with E-state index >= 15 is 0 Å². The van der Waals surface area contributed by atoms with E-state index in [2.05, 4.69) is 10.4 Å². The topological polar surface area (TPSA) is 84.3 Å². The summed E-state index contributed by atoms with van der Waals surface area (Å²) in [5, 5.41) is 7.02. The van der Waals surface area contributed by atoms with Gasteiger partial charge in [-0.25, -0.2) is 8.42 Å². The fraction of sp³-hybridized carbons (Fsp3) is 0.600. The summed E-state index contributed by atoms with van der Waals surface area (Å²) in [7, 11) is -1.33. The van der Waals surface area contributed by atoms with E-state index in [1.807, 2.05) is 11.8 Å². The molecule has 3 rings (SSSR count). The molecule has 1 unspecified atom stereocenters. The lowest BCUT2D eigenvalue weighted by Crippen LogP contribution is -2.57. The zero-order valence-electron chi connectivity index (χ0n) is 10.2. The third kappa shape index (κ3) is 1.52. The molecule has 3 heterocycles. The van der Waals surface area contributed by atoms with Crippen molar-refractivity contribution in [1.82, 2.24) is 9.78 Å². The number of hydrogen-bond acceptors (Lipinski definition) is 5. The Morgan fingerprint density at radius 2 is 2.17 bits per heavy atom. The lowest BCUT2D eigenvalue weighted by molar-refractivity contribution is -0.117. The lowest BCUT2D eigenvalue weighted by atomic mass is 10.1. The molecule has 0 aliphatic carbocycles. The van der Waals surface area contributed by atoms with Crippen LogP contribution in [-0.4, -0.2) is 48.2 Å². The molecular formula is C10H14N4O3S. The number of rotatable bonds is 0. The number of anilines is 2. The minimum absolute atomic E-state index is 0.0838. The highest BCUT2D eigenvalue weighted by molar-refractivity contribution is 7.91. The molecule has 0 radical (unpaired) electrons. The summed E-state index contributed by atoms with van der Waals surface area (Å²) in [5.41, 5.74) is 1.44. The molecule has 1 saturated heterocycles. The highest BCUT2D eigenvalue weighted by atomic mass is 32.2. The summed E-state index contributed by atoms with van der Waals surface area (Å²) in [5.74, 6) is 0.497. The Morgan fingerprint density at radius 3 is 2.89 bits per heavy atom. The van der Waals surface area contributed by atoms with Gasteiger partial charge in [0.05, 0.1) is 17.2 Å². The molecule has 2 aliphatic rings. The van der Waals surface area contributed by atoms with Crippen LogP contribution in [0.5, 0.6) is 0 Å². The third-order valence-electron chi connectivity index (χ3n) is 3.45. The quantitative estimate of drug-likeness (QED) is 0.673. The number of carbonyl (C=O) groups is 1. The van der Waals surface area contributed by atoms with E-state index in [4.69, 9.17) is 0 Å². The zero-order chi connectivity index (χ0) is 13.1. The van der Waals surface area contributed by atoms with Gasteiger partial charge in [-0.3, -0.25) is 9.48 Å². The van der Waals surface area contributed by atoms with Crippen molar-refractivity contribution in [2.45, 2.75) is 13.0 Å². The second-order valence-corrected chi connectivity index (χ2v) is 6.95. The third-order valence-corrected chi connectivity index (χ3v) is 5.07. The molecule has 1 amide bonds. The summed E-state index contributed by atoms with van der Waals surface area (Å²) in [6.07, 6.45) is 0. The van der Waals surface area contributed by atoms with Gasteiger partial charge in [-0.05, 0) is 6.92 Å². The maximum absolute atomic E-state index is 12.0. The molecule has 1 aromatic heterocycles. The number of aromatic nitrogens is 2. The van der Waals surface area contributed by atoms with Crippen LogP contribution >= 0.6 is 0 Å². The molecule has 8 heteroatoms. The van der Waals surface area contributed by atoms with E-state index in [-0.39, 0.29) is 17.4 Å². The van der Waals surface area contributed by atoms with Gasteiger partial charge in [-0.1, -0.05) is 0 Å². The second kappa shape index (κ2) is 3.47. The number of amides is 1. The van der Waals surface area contributed by atoms with Crippen LogP contribution < -0.4 is 10.2 Å². The van der Waals surface area contributed by atoms with Crippen molar-refractivity contribution in [3.63, 3.8) is 0 Å². The van der Waals surface area contributed by atoms with Crippen molar-refractivity contribution in [3.05, 3.63) is 5.69 Å². The van der Waals surface area contributed by atoms with Crippen LogP contribution in [0.1, 0.15) is 5.69 Å². The Hall–Kier alpha value is -1.57. The minimum atomic E-state index is -3.13. The van der Waals surface area contributed by atoms with Crippen molar-refractivity contribution in [2.75, 3.05) is 28.3 Å². The first-order valence-electron chi connectivity index (χ1n) is 5.70. The molecule has 0 spiro atoms. The first-order valence-corrected chi connectivity index (χ1v) is 7.53. The fourth-order valence-electron chi connectivity index (χ4n) is 2.61. The van der Waals surface area contributed by atoms with E-state index in [9.17, 15) is 13.2 Å². The van der Waals surface area contributed by atoms with Crippen LogP contribution in [0.3, 0.4) is 0 Å². The van der Waals surface area contributed by atoms with E-state index < -0.39 is 15.9 Å². The van der Waals surface area contributed by atoms with Gasteiger partial charge in [0, 0.05) is 13.6 Å².